The summed E-state index contributed by atoms with van der Waals surface area (Å²) in [6.45, 7) is 8.10. The maximum atomic E-state index is 12.3. The van der Waals surface area contributed by atoms with Gasteiger partial charge in [0.25, 0.3) is 0 Å². The van der Waals surface area contributed by atoms with Crippen molar-refractivity contribution < 1.29 is 29.0 Å². The molecule has 0 radical (unpaired) electrons. The maximum absolute atomic E-state index is 12.3. The van der Waals surface area contributed by atoms with E-state index in [9.17, 15) is 14.4 Å². The quantitative estimate of drug-likeness (QED) is 0.588. The molecule has 0 bridgehead atoms. The zero-order valence-corrected chi connectivity index (χ0v) is 14.6. The van der Waals surface area contributed by atoms with Gasteiger partial charge in [-0.15, -0.1) is 0 Å². The molecule has 0 saturated heterocycles. The molecular weight excluding hydrogens is 304 g/mol. The molecule has 23 heavy (non-hydrogen) atoms. The lowest BCUT2D eigenvalue weighted by molar-refractivity contribution is -0.146. The largest absolute Gasteiger partial charge is 0.467 e. The van der Waals surface area contributed by atoms with Crippen LogP contribution in [0.3, 0.4) is 0 Å². The number of nitrogens with one attached hydrogen (secondary N) is 2. The van der Waals surface area contributed by atoms with Gasteiger partial charge < -0.3 is 25.2 Å². The summed E-state index contributed by atoms with van der Waals surface area (Å²) in [5.74, 6) is -1.77. The molecule has 0 heterocycles. The van der Waals surface area contributed by atoms with Crippen LogP contribution in [0.5, 0.6) is 0 Å². The molecule has 3 N–H and O–H groups in total. The summed E-state index contributed by atoms with van der Waals surface area (Å²) in [7, 11) is 1.17. The van der Waals surface area contributed by atoms with Crippen molar-refractivity contribution in [1.82, 2.24) is 10.6 Å². The Morgan fingerprint density at radius 1 is 1.17 bits per heavy atom. The third-order valence-corrected chi connectivity index (χ3v) is 3.11. The topological polar surface area (TPSA) is 114 Å². The average Bonchev–Trinajstić information content (AvgIpc) is 2.42. The second-order valence-electron chi connectivity index (χ2n) is 6.22. The number of carbonyl (C=O) groups is 3. The van der Waals surface area contributed by atoms with Crippen molar-refractivity contribution in [2.45, 2.75) is 58.7 Å². The van der Waals surface area contributed by atoms with Gasteiger partial charge in [-0.25, -0.2) is 9.59 Å². The van der Waals surface area contributed by atoms with Gasteiger partial charge in [-0.05, 0) is 34.1 Å². The van der Waals surface area contributed by atoms with E-state index >= 15 is 0 Å². The number of hydrogen-bond donors (Lipinski definition) is 3. The fourth-order valence-corrected chi connectivity index (χ4v) is 1.96. The Balaban J connectivity index is 4.75. The van der Waals surface area contributed by atoms with E-state index in [4.69, 9.17) is 9.84 Å². The zero-order chi connectivity index (χ0) is 18.2. The first-order valence-corrected chi connectivity index (χ1v) is 7.54. The molecule has 8 heteroatoms. The van der Waals surface area contributed by atoms with E-state index in [2.05, 4.69) is 15.4 Å². The van der Waals surface area contributed by atoms with E-state index < -0.39 is 48.2 Å². The van der Waals surface area contributed by atoms with E-state index in [1.807, 2.05) is 0 Å². The number of esters is 1. The highest BCUT2D eigenvalue weighted by atomic mass is 16.6. The molecule has 0 aromatic rings. The summed E-state index contributed by atoms with van der Waals surface area (Å²) in [5, 5.41) is 14.2. The fourth-order valence-electron chi connectivity index (χ4n) is 1.96. The Morgan fingerprint density at radius 3 is 2.13 bits per heavy atom. The van der Waals surface area contributed by atoms with Gasteiger partial charge in [0.1, 0.15) is 5.60 Å². The van der Waals surface area contributed by atoms with Crippen molar-refractivity contribution >= 4 is 18.0 Å². The number of alkyl carbamates (subject to hydrolysis) is 1. The lowest BCUT2D eigenvalue weighted by atomic mass is 9.97. The predicted octanol–water partition coefficient (Wildman–Crippen LogP) is 0.576. The number of rotatable bonds is 7. The minimum Gasteiger partial charge on any atom is -0.467 e. The number of hydrogen-bond acceptors (Lipinski definition) is 6. The van der Waals surface area contributed by atoms with Crippen LogP contribution in [-0.4, -0.2) is 54.5 Å². The number of aliphatic hydroxyl groups is 1. The highest BCUT2D eigenvalue weighted by Gasteiger charge is 2.30. The van der Waals surface area contributed by atoms with Gasteiger partial charge in [-0.2, -0.15) is 0 Å². The molecule has 0 aromatic carbocycles. The SMILES string of the molecule is CCC(C(=O)NC(CO)C(=O)OC)C(C)NC(=O)OC(C)(C)C. The molecule has 2 amide bonds. The van der Waals surface area contributed by atoms with Crippen LogP contribution in [0.4, 0.5) is 4.79 Å². The number of ether oxygens (including phenoxy) is 2. The monoisotopic (exact) mass is 332 g/mol. The average molecular weight is 332 g/mol. The van der Waals surface area contributed by atoms with Crippen LogP contribution in [0.2, 0.25) is 0 Å². The first kappa shape index (κ1) is 21.2. The second kappa shape index (κ2) is 9.34. The lowest BCUT2D eigenvalue weighted by Crippen LogP contribution is -2.51. The molecule has 0 aliphatic carbocycles. The van der Waals surface area contributed by atoms with Crippen LogP contribution in [0.1, 0.15) is 41.0 Å². The summed E-state index contributed by atoms with van der Waals surface area (Å²) < 4.78 is 9.64. The van der Waals surface area contributed by atoms with Crippen LogP contribution in [0.15, 0.2) is 0 Å². The molecule has 8 nitrogen and oxygen atoms in total. The Labute approximate surface area is 136 Å². The minimum atomic E-state index is -1.13. The van der Waals surface area contributed by atoms with E-state index in [-0.39, 0.29) is 0 Å². The smallest absolute Gasteiger partial charge is 0.407 e. The molecule has 134 valence electrons. The first-order chi connectivity index (χ1) is 10.6. The molecular formula is C15H28N2O6. The molecule has 3 atom stereocenters. The first-order valence-electron chi connectivity index (χ1n) is 7.54. The van der Waals surface area contributed by atoms with Crippen molar-refractivity contribution in [2.24, 2.45) is 5.92 Å². The standard InChI is InChI=1S/C15H28N2O6/c1-7-10(9(2)16-14(21)23-15(3,4)5)12(19)17-11(8-18)13(20)22-6/h9-11,18H,7-8H2,1-6H3,(H,16,21)(H,17,19). The minimum absolute atomic E-state index is 0.433. The molecule has 0 aromatic heterocycles. The van der Waals surface area contributed by atoms with Crippen LogP contribution < -0.4 is 10.6 Å². The number of methoxy groups -OCH3 is 1. The van der Waals surface area contributed by atoms with E-state index in [0.29, 0.717) is 6.42 Å². The van der Waals surface area contributed by atoms with Crippen LogP contribution in [0, 0.1) is 5.92 Å². The van der Waals surface area contributed by atoms with Crippen LogP contribution in [0.25, 0.3) is 0 Å². The third kappa shape index (κ3) is 7.83. The molecule has 3 unspecified atom stereocenters. The normalized spacial score (nSPS) is 15.1. The van der Waals surface area contributed by atoms with Gasteiger partial charge in [0, 0.05) is 6.04 Å². The Hall–Kier alpha value is -1.83. The third-order valence-electron chi connectivity index (χ3n) is 3.11. The lowest BCUT2D eigenvalue weighted by Gasteiger charge is -2.26. The van der Waals surface area contributed by atoms with Crippen LogP contribution >= 0.6 is 0 Å². The Kier molecular flexibility index (Phi) is 8.60. The van der Waals surface area contributed by atoms with Gasteiger partial charge in [0.05, 0.1) is 19.6 Å². The molecule has 0 rings (SSSR count). The van der Waals surface area contributed by atoms with Crippen molar-refractivity contribution in [3.8, 4) is 0 Å². The summed E-state index contributed by atoms with van der Waals surface area (Å²) in [6.07, 6.45) is -0.190. The predicted molar refractivity (Wildman–Crippen MR) is 83.6 cm³/mol. The van der Waals surface area contributed by atoms with Gasteiger partial charge in [-0.1, -0.05) is 6.92 Å². The number of aliphatic hydroxyl groups excluding tert-OH is 1. The highest BCUT2D eigenvalue weighted by molar-refractivity contribution is 5.86. The molecule has 0 saturated carbocycles. The fraction of sp³-hybridized carbons (Fsp3) is 0.800. The highest BCUT2D eigenvalue weighted by Crippen LogP contribution is 2.12. The molecule has 0 aliphatic heterocycles. The second-order valence-corrected chi connectivity index (χ2v) is 6.22. The van der Waals surface area contributed by atoms with E-state index in [0.717, 1.165) is 0 Å². The van der Waals surface area contributed by atoms with Crippen molar-refractivity contribution in [1.29, 1.82) is 0 Å². The number of carbonyl (C=O) groups excluding carboxylic acids is 3. The Morgan fingerprint density at radius 2 is 1.74 bits per heavy atom. The molecule has 0 spiro atoms. The summed E-state index contributed by atoms with van der Waals surface area (Å²) >= 11 is 0. The summed E-state index contributed by atoms with van der Waals surface area (Å²) in [5.41, 5.74) is -0.638. The van der Waals surface area contributed by atoms with E-state index in [1.165, 1.54) is 7.11 Å². The van der Waals surface area contributed by atoms with Crippen molar-refractivity contribution in [3.05, 3.63) is 0 Å². The van der Waals surface area contributed by atoms with Gasteiger partial charge in [0.15, 0.2) is 6.04 Å². The summed E-state index contributed by atoms with van der Waals surface area (Å²) in [4.78, 5) is 35.4. The van der Waals surface area contributed by atoms with Crippen LogP contribution in [-0.2, 0) is 19.1 Å². The van der Waals surface area contributed by atoms with E-state index in [1.54, 1.807) is 34.6 Å². The van der Waals surface area contributed by atoms with Gasteiger partial charge in [0.2, 0.25) is 5.91 Å². The van der Waals surface area contributed by atoms with Crippen molar-refractivity contribution in [2.75, 3.05) is 13.7 Å². The van der Waals surface area contributed by atoms with Gasteiger partial charge in [-0.3, -0.25) is 4.79 Å². The molecule has 0 aliphatic rings. The van der Waals surface area contributed by atoms with Gasteiger partial charge >= 0.3 is 12.1 Å². The van der Waals surface area contributed by atoms with Crippen molar-refractivity contribution in [3.63, 3.8) is 0 Å². The number of amides is 2. The zero-order valence-electron chi connectivity index (χ0n) is 14.6. The maximum Gasteiger partial charge on any atom is 0.407 e. The Bertz CT molecular complexity index is 419. The molecule has 0 fully saturated rings. The summed E-state index contributed by atoms with van der Waals surface area (Å²) in [6, 6.07) is -1.64.